The number of amides is 1. The largest absolute Gasteiger partial charge is 0.476 e. The van der Waals surface area contributed by atoms with Crippen LogP contribution in [0, 0.1) is 17.0 Å². The molecule has 1 aromatic heterocycles. The van der Waals surface area contributed by atoms with Crippen molar-refractivity contribution in [1.29, 1.82) is 0 Å². The van der Waals surface area contributed by atoms with E-state index in [0.717, 1.165) is 18.9 Å². The van der Waals surface area contributed by atoms with E-state index in [4.69, 9.17) is 9.47 Å². The number of non-ortho nitro benzene ring substituents is 1. The third-order valence-electron chi connectivity index (χ3n) is 4.32. The molecule has 1 aliphatic heterocycles. The summed E-state index contributed by atoms with van der Waals surface area (Å²) in [5.74, 6) is 1.59. The SMILES string of the molecule is Cc1nc(OCCNC(=O)C=Cc2ccc([N+](=O)[O-])cc2)cc(N2CCOCC2)n1. The molecule has 1 aliphatic rings. The molecular formula is C20H23N5O5. The average Bonchev–Trinajstić information content (AvgIpc) is 2.76. The summed E-state index contributed by atoms with van der Waals surface area (Å²) >= 11 is 0. The van der Waals surface area contributed by atoms with Crippen LogP contribution in [0.15, 0.2) is 36.4 Å². The Bertz CT molecular complexity index is 910. The fourth-order valence-electron chi connectivity index (χ4n) is 2.82. The summed E-state index contributed by atoms with van der Waals surface area (Å²) in [5, 5.41) is 13.4. The van der Waals surface area contributed by atoms with E-state index in [2.05, 4.69) is 20.2 Å². The number of nitrogens with one attached hydrogen (secondary N) is 1. The summed E-state index contributed by atoms with van der Waals surface area (Å²) in [5.41, 5.74) is 0.699. The molecule has 1 N–H and O–H groups in total. The maximum Gasteiger partial charge on any atom is 0.269 e. The number of hydrogen-bond acceptors (Lipinski definition) is 8. The first-order chi connectivity index (χ1) is 14.5. The minimum absolute atomic E-state index is 0.00508. The molecule has 10 nitrogen and oxygen atoms in total. The zero-order valence-electron chi connectivity index (χ0n) is 16.6. The number of rotatable bonds is 8. The highest BCUT2D eigenvalue weighted by Crippen LogP contribution is 2.18. The summed E-state index contributed by atoms with van der Waals surface area (Å²) in [4.78, 5) is 32.9. The van der Waals surface area contributed by atoms with Gasteiger partial charge in [-0.05, 0) is 30.7 Å². The van der Waals surface area contributed by atoms with E-state index in [-0.39, 0.29) is 18.2 Å². The first-order valence-corrected chi connectivity index (χ1v) is 9.53. The van der Waals surface area contributed by atoms with Gasteiger partial charge in [-0.25, -0.2) is 4.98 Å². The molecule has 0 aliphatic carbocycles. The summed E-state index contributed by atoms with van der Waals surface area (Å²) in [7, 11) is 0. The molecule has 1 saturated heterocycles. The second kappa shape index (κ2) is 10.3. The minimum atomic E-state index is -0.469. The number of carbonyl (C=O) groups is 1. The normalized spacial score (nSPS) is 14.0. The molecule has 0 unspecified atom stereocenters. The van der Waals surface area contributed by atoms with E-state index in [1.165, 1.54) is 18.2 Å². The summed E-state index contributed by atoms with van der Waals surface area (Å²) in [6, 6.07) is 7.72. The zero-order valence-corrected chi connectivity index (χ0v) is 16.6. The van der Waals surface area contributed by atoms with Crippen LogP contribution in [-0.2, 0) is 9.53 Å². The van der Waals surface area contributed by atoms with Crippen LogP contribution < -0.4 is 15.0 Å². The lowest BCUT2D eigenvalue weighted by Gasteiger charge is -2.28. The highest BCUT2D eigenvalue weighted by Gasteiger charge is 2.14. The predicted octanol–water partition coefficient (Wildman–Crippen LogP) is 1.74. The molecule has 1 aromatic carbocycles. The molecule has 0 saturated carbocycles. The molecule has 30 heavy (non-hydrogen) atoms. The smallest absolute Gasteiger partial charge is 0.269 e. The van der Waals surface area contributed by atoms with Gasteiger partial charge in [0.2, 0.25) is 11.8 Å². The first kappa shape index (κ1) is 21.2. The summed E-state index contributed by atoms with van der Waals surface area (Å²) < 4.78 is 11.0. The van der Waals surface area contributed by atoms with E-state index in [9.17, 15) is 14.9 Å². The molecular weight excluding hydrogens is 390 g/mol. The second-order valence-electron chi connectivity index (χ2n) is 6.53. The number of benzene rings is 1. The molecule has 2 heterocycles. The van der Waals surface area contributed by atoms with Crippen LogP contribution >= 0.6 is 0 Å². The van der Waals surface area contributed by atoms with Gasteiger partial charge in [0.1, 0.15) is 18.2 Å². The van der Waals surface area contributed by atoms with Crippen molar-refractivity contribution in [3.63, 3.8) is 0 Å². The van der Waals surface area contributed by atoms with Crippen LogP contribution in [0.3, 0.4) is 0 Å². The van der Waals surface area contributed by atoms with E-state index >= 15 is 0 Å². The van der Waals surface area contributed by atoms with Gasteiger partial charge in [0.05, 0.1) is 24.7 Å². The van der Waals surface area contributed by atoms with Crippen molar-refractivity contribution in [3.05, 3.63) is 57.9 Å². The quantitative estimate of drug-likeness (QED) is 0.301. The predicted molar refractivity (Wildman–Crippen MR) is 110 cm³/mol. The van der Waals surface area contributed by atoms with E-state index < -0.39 is 4.92 Å². The van der Waals surface area contributed by atoms with Crippen LogP contribution in [0.1, 0.15) is 11.4 Å². The number of nitro benzene ring substituents is 1. The number of aromatic nitrogens is 2. The Kier molecular flexibility index (Phi) is 7.28. The number of nitrogens with zero attached hydrogens (tertiary/aromatic N) is 4. The summed E-state index contributed by atoms with van der Waals surface area (Å²) in [6.45, 7) is 5.24. The Morgan fingerprint density at radius 3 is 2.73 bits per heavy atom. The fourth-order valence-corrected chi connectivity index (χ4v) is 2.82. The number of anilines is 1. The molecule has 158 valence electrons. The van der Waals surface area contributed by atoms with Crippen LogP contribution in [-0.4, -0.2) is 60.3 Å². The number of aryl methyl sites for hydroxylation is 1. The Morgan fingerprint density at radius 1 is 1.30 bits per heavy atom. The van der Waals surface area contributed by atoms with Gasteiger partial charge in [0.15, 0.2) is 0 Å². The standard InChI is InChI=1S/C20H23N5O5/c1-15-22-18(24-9-12-29-13-10-24)14-20(23-15)30-11-8-21-19(26)7-4-16-2-5-17(6-3-16)25(27)28/h2-7,14H,8-13H2,1H3,(H,21,26). The van der Waals surface area contributed by atoms with Crippen LogP contribution in [0.25, 0.3) is 6.08 Å². The lowest BCUT2D eigenvalue weighted by Crippen LogP contribution is -2.37. The Hall–Kier alpha value is -3.53. The van der Waals surface area contributed by atoms with Crippen molar-refractivity contribution < 1.29 is 19.2 Å². The van der Waals surface area contributed by atoms with Gasteiger partial charge < -0.3 is 19.7 Å². The van der Waals surface area contributed by atoms with Gasteiger partial charge in [-0.3, -0.25) is 14.9 Å². The van der Waals surface area contributed by atoms with Crippen molar-refractivity contribution in [2.75, 3.05) is 44.4 Å². The number of nitro groups is 1. The van der Waals surface area contributed by atoms with Gasteiger partial charge >= 0.3 is 0 Å². The van der Waals surface area contributed by atoms with Crippen LogP contribution in [0.2, 0.25) is 0 Å². The number of hydrogen-bond donors (Lipinski definition) is 1. The molecule has 2 aromatic rings. The molecule has 10 heteroatoms. The van der Waals surface area contributed by atoms with E-state index in [1.807, 2.05) is 6.92 Å². The molecule has 1 amide bonds. The monoisotopic (exact) mass is 413 g/mol. The molecule has 0 radical (unpaired) electrons. The highest BCUT2D eigenvalue weighted by atomic mass is 16.6. The van der Waals surface area contributed by atoms with Gasteiger partial charge in [0.25, 0.3) is 5.69 Å². The van der Waals surface area contributed by atoms with Crippen molar-refractivity contribution in [2.24, 2.45) is 0 Å². The number of carbonyl (C=O) groups excluding carboxylic acids is 1. The molecule has 3 rings (SSSR count). The lowest BCUT2D eigenvalue weighted by atomic mass is 10.2. The maximum atomic E-state index is 11.9. The van der Waals surface area contributed by atoms with Crippen LogP contribution in [0.4, 0.5) is 11.5 Å². The first-order valence-electron chi connectivity index (χ1n) is 9.53. The topological polar surface area (TPSA) is 120 Å². The third kappa shape index (κ3) is 6.24. The zero-order chi connectivity index (χ0) is 21.3. The van der Waals surface area contributed by atoms with Gasteiger partial charge in [-0.15, -0.1) is 0 Å². The molecule has 0 bridgehead atoms. The Balaban J connectivity index is 1.44. The van der Waals surface area contributed by atoms with Crippen LogP contribution in [0.5, 0.6) is 5.88 Å². The van der Waals surface area contributed by atoms with Crippen molar-refractivity contribution >= 4 is 23.5 Å². The summed E-state index contributed by atoms with van der Waals surface area (Å²) in [6.07, 6.45) is 2.95. The highest BCUT2D eigenvalue weighted by molar-refractivity contribution is 5.91. The van der Waals surface area contributed by atoms with E-state index in [1.54, 1.807) is 24.3 Å². The van der Waals surface area contributed by atoms with Crippen molar-refractivity contribution in [1.82, 2.24) is 15.3 Å². The molecule has 1 fully saturated rings. The Morgan fingerprint density at radius 2 is 2.03 bits per heavy atom. The average molecular weight is 413 g/mol. The Labute approximate surface area is 173 Å². The van der Waals surface area contributed by atoms with Crippen molar-refractivity contribution in [3.8, 4) is 5.88 Å². The van der Waals surface area contributed by atoms with Gasteiger partial charge in [-0.2, -0.15) is 4.98 Å². The second-order valence-corrected chi connectivity index (χ2v) is 6.53. The fraction of sp³-hybridized carbons (Fsp3) is 0.350. The molecule has 0 atom stereocenters. The number of ether oxygens (including phenoxy) is 2. The minimum Gasteiger partial charge on any atom is -0.476 e. The third-order valence-corrected chi connectivity index (χ3v) is 4.32. The van der Waals surface area contributed by atoms with Crippen molar-refractivity contribution in [2.45, 2.75) is 6.92 Å². The van der Waals surface area contributed by atoms with E-state index in [0.29, 0.717) is 37.0 Å². The van der Waals surface area contributed by atoms with Gasteiger partial charge in [-0.1, -0.05) is 0 Å². The van der Waals surface area contributed by atoms with Gasteiger partial charge in [0, 0.05) is 37.4 Å². The lowest BCUT2D eigenvalue weighted by molar-refractivity contribution is -0.384. The molecule has 0 spiro atoms. The maximum absolute atomic E-state index is 11.9. The number of morpholine rings is 1.